The maximum Gasteiger partial charge on any atom is 0.330 e. The summed E-state index contributed by atoms with van der Waals surface area (Å²) in [5.41, 5.74) is 0.507. The van der Waals surface area contributed by atoms with Crippen LogP contribution in [0.25, 0.3) is 0 Å². The van der Waals surface area contributed by atoms with Crippen LogP contribution < -0.4 is 5.32 Å². The standard InChI is InChI=1S/C17H22N2O4/c20-14(12-19-11-7-2-1-6-10-15(19)21)18-16(17(22)23)13-8-4-3-5-9-13/h3-5,8-9,16H,1-2,6-7,10-12H2,(H,18,20)(H,22,23)/t16-/m0/s1. The number of carbonyl (C=O) groups excluding carboxylic acids is 2. The van der Waals surface area contributed by atoms with Crippen molar-refractivity contribution in [1.82, 2.24) is 10.2 Å². The molecule has 1 heterocycles. The van der Waals surface area contributed by atoms with E-state index in [4.69, 9.17) is 0 Å². The van der Waals surface area contributed by atoms with Crippen LogP contribution in [0.5, 0.6) is 0 Å². The SMILES string of the molecule is O=C(CN1CCCCCCC1=O)N[C@H](C(=O)O)c1ccccc1. The van der Waals surface area contributed by atoms with E-state index < -0.39 is 17.9 Å². The molecule has 1 aromatic carbocycles. The van der Waals surface area contributed by atoms with Crippen molar-refractivity contribution in [3.05, 3.63) is 35.9 Å². The van der Waals surface area contributed by atoms with Crippen LogP contribution in [-0.2, 0) is 14.4 Å². The number of amides is 2. The van der Waals surface area contributed by atoms with Crippen LogP contribution in [0.2, 0.25) is 0 Å². The summed E-state index contributed by atoms with van der Waals surface area (Å²) in [6, 6.07) is 7.43. The zero-order valence-corrected chi connectivity index (χ0v) is 13.0. The molecule has 0 unspecified atom stereocenters. The van der Waals surface area contributed by atoms with Gasteiger partial charge in [0.25, 0.3) is 0 Å². The maximum absolute atomic E-state index is 12.2. The average Bonchev–Trinajstić information content (AvgIpc) is 2.53. The molecule has 1 aliphatic rings. The molecule has 23 heavy (non-hydrogen) atoms. The van der Waals surface area contributed by atoms with Crippen molar-refractivity contribution < 1.29 is 19.5 Å². The minimum atomic E-state index is -1.12. The number of benzene rings is 1. The molecule has 2 amide bonds. The van der Waals surface area contributed by atoms with Crippen LogP contribution >= 0.6 is 0 Å². The number of hydrogen-bond donors (Lipinski definition) is 2. The Bertz CT molecular complexity index is 559. The highest BCUT2D eigenvalue weighted by Gasteiger charge is 2.24. The van der Waals surface area contributed by atoms with Crippen molar-refractivity contribution in [1.29, 1.82) is 0 Å². The van der Waals surface area contributed by atoms with Gasteiger partial charge in [0.05, 0.1) is 6.54 Å². The van der Waals surface area contributed by atoms with E-state index in [1.54, 1.807) is 30.3 Å². The van der Waals surface area contributed by atoms with Gasteiger partial charge in [-0.15, -0.1) is 0 Å². The zero-order valence-electron chi connectivity index (χ0n) is 13.0. The first-order valence-corrected chi connectivity index (χ1v) is 7.93. The normalized spacial score (nSPS) is 17.0. The van der Waals surface area contributed by atoms with Crippen LogP contribution in [0.15, 0.2) is 30.3 Å². The first-order chi connectivity index (χ1) is 11.1. The number of rotatable bonds is 5. The molecule has 2 rings (SSSR count). The molecule has 0 aromatic heterocycles. The first kappa shape index (κ1) is 17.0. The number of nitrogens with zero attached hydrogens (tertiary/aromatic N) is 1. The van der Waals surface area contributed by atoms with E-state index >= 15 is 0 Å². The Hall–Kier alpha value is -2.37. The number of carboxylic acid groups (broad SMARTS) is 1. The van der Waals surface area contributed by atoms with Crippen LogP contribution in [0.1, 0.15) is 43.7 Å². The Morgan fingerprint density at radius 3 is 2.52 bits per heavy atom. The summed E-state index contributed by atoms with van der Waals surface area (Å²) in [5, 5.41) is 11.8. The molecule has 0 aliphatic carbocycles. The highest BCUT2D eigenvalue weighted by molar-refractivity contribution is 5.88. The fourth-order valence-corrected chi connectivity index (χ4v) is 2.70. The topological polar surface area (TPSA) is 86.7 Å². The molecule has 1 atom stereocenters. The number of nitrogens with one attached hydrogen (secondary N) is 1. The van der Waals surface area contributed by atoms with Crippen molar-refractivity contribution in [2.24, 2.45) is 0 Å². The van der Waals surface area contributed by atoms with E-state index in [0.29, 0.717) is 18.5 Å². The lowest BCUT2D eigenvalue weighted by Gasteiger charge is -2.25. The molecular weight excluding hydrogens is 296 g/mol. The molecule has 124 valence electrons. The van der Waals surface area contributed by atoms with Gasteiger partial charge >= 0.3 is 5.97 Å². The highest BCUT2D eigenvalue weighted by Crippen LogP contribution is 2.14. The lowest BCUT2D eigenvalue weighted by molar-refractivity contribution is -0.143. The van der Waals surface area contributed by atoms with Crippen molar-refractivity contribution in [2.45, 2.75) is 38.1 Å². The third-order valence-electron chi connectivity index (χ3n) is 3.94. The maximum atomic E-state index is 12.2. The summed E-state index contributed by atoms with van der Waals surface area (Å²) in [6.45, 7) is 0.463. The number of aliphatic carboxylic acids is 1. The van der Waals surface area contributed by atoms with Gasteiger partial charge < -0.3 is 15.3 Å². The summed E-state index contributed by atoms with van der Waals surface area (Å²) in [5.74, 6) is -1.61. The van der Waals surface area contributed by atoms with Crippen molar-refractivity contribution in [3.63, 3.8) is 0 Å². The van der Waals surface area contributed by atoms with Crippen LogP contribution in [0, 0.1) is 0 Å². The molecule has 6 nitrogen and oxygen atoms in total. The lowest BCUT2D eigenvalue weighted by atomic mass is 10.1. The van der Waals surface area contributed by atoms with Crippen molar-refractivity contribution in [3.8, 4) is 0 Å². The van der Waals surface area contributed by atoms with E-state index in [9.17, 15) is 19.5 Å². The van der Waals surface area contributed by atoms with Gasteiger partial charge in [0.15, 0.2) is 6.04 Å². The Morgan fingerprint density at radius 1 is 1.13 bits per heavy atom. The second kappa shape index (κ2) is 8.31. The quantitative estimate of drug-likeness (QED) is 0.865. The van der Waals surface area contributed by atoms with E-state index in [1.165, 1.54) is 4.90 Å². The smallest absolute Gasteiger partial charge is 0.330 e. The summed E-state index contributed by atoms with van der Waals surface area (Å²) >= 11 is 0. The number of carboxylic acids is 1. The molecule has 1 aromatic rings. The third kappa shape index (κ3) is 5.09. The van der Waals surface area contributed by atoms with Crippen LogP contribution in [-0.4, -0.2) is 40.9 Å². The van der Waals surface area contributed by atoms with E-state index in [-0.39, 0.29) is 12.5 Å². The van der Waals surface area contributed by atoms with Crippen molar-refractivity contribution >= 4 is 17.8 Å². The second-order valence-corrected chi connectivity index (χ2v) is 5.73. The Labute approximate surface area is 135 Å². The van der Waals surface area contributed by atoms with Crippen LogP contribution in [0.4, 0.5) is 0 Å². The Kier molecular flexibility index (Phi) is 6.14. The lowest BCUT2D eigenvalue weighted by Crippen LogP contribution is -2.44. The molecule has 0 bridgehead atoms. The number of hydrogen-bond acceptors (Lipinski definition) is 3. The molecule has 0 saturated carbocycles. The van der Waals surface area contributed by atoms with Crippen molar-refractivity contribution in [2.75, 3.05) is 13.1 Å². The summed E-state index contributed by atoms with van der Waals surface area (Å²) in [7, 11) is 0. The highest BCUT2D eigenvalue weighted by atomic mass is 16.4. The fourth-order valence-electron chi connectivity index (χ4n) is 2.70. The van der Waals surface area contributed by atoms with E-state index in [1.807, 2.05) is 0 Å². The van der Waals surface area contributed by atoms with Crippen LogP contribution in [0.3, 0.4) is 0 Å². The molecule has 1 saturated heterocycles. The number of likely N-dealkylation sites (tertiary alicyclic amines) is 1. The predicted molar refractivity (Wildman–Crippen MR) is 84.6 cm³/mol. The predicted octanol–water partition coefficient (Wildman–Crippen LogP) is 1.72. The van der Waals surface area contributed by atoms with Gasteiger partial charge in [-0.2, -0.15) is 0 Å². The second-order valence-electron chi connectivity index (χ2n) is 5.73. The van der Waals surface area contributed by atoms with Gasteiger partial charge in [-0.25, -0.2) is 4.79 Å². The molecule has 6 heteroatoms. The van der Waals surface area contributed by atoms with E-state index in [2.05, 4.69) is 5.32 Å². The summed E-state index contributed by atoms with van der Waals surface area (Å²) in [6.07, 6.45) is 4.27. The molecule has 0 radical (unpaired) electrons. The van der Waals surface area contributed by atoms with Gasteiger partial charge in [0.2, 0.25) is 11.8 Å². The molecular formula is C17H22N2O4. The van der Waals surface area contributed by atoms with Gasteiger partial charge in [-0.3, -0.25) is 9.59 Å². The minimum Gasteiger partial charge on any atom is -0.479 e. The van der Waals surface area contributed by atoms with Gasteiger partial charge in [0.1, 0.15) is 0 Å². The Balaban J connectivity index is 1.98. The number of carbonyl (C=O) groups is 3. The summed E-state index contributed by atoms with van der Waals surface area (Å²) < 4.78 is 0. The zero-order chi connectivity index (χ0) is 16.7. The van der Waals surface area contributed by atoms with E-state index in [0.717, 1.165) is 25.7 Å². The minimum absolute atomic E-state index is 0.0357. The molecule has 1 fully saturated rings. The monoisotopic (exact) mass is 318 g/mol. The average molecular weight is 318 g/mol. The molecule has 0 spiro atoms. The fraction of sp³-hybridized carbons (Fsp3) is 0.471. The van der Waals surface area contributed by atoms with Gasteiger partial charge in [-0.1, -0.05) is 43.2 Å². The van der Waals surface area contributed by atoms with Gasteiger partial charge in [-0.05, 0) is 18.4 Å². The largest absolute Gasteiger partial charge is 0.479 e. The summed E-state index contributed by atoms with van der Waals surface area (Å²) in [4.78, 5) is 37.1. The third-order valence-corrected chi connectivity index (χ3v) is 3.94. The first-order valence-electron chi connectivity index (χ1n) is 7.93. The molecule has 1 aliphatic heterocycles. The molecule has 2 N–H and O–H groups in total. The van der Waals surface area contributed by atoms with Gasteiger partial charge in [0, 0.05) is 13.0 Å². The Morgan fingerprint density at radius 2 is 1.83 bits per heavy atom.